The van der Waals surface area contributed by atoms with E-state index in [9.17, 15) is 14.4 Å². The van der Waals surface area contributed by atoms with E-state index in [-0.39, 0.29) is 12.5 Å². The molecule has 0 saturated carbocycles. The molecule has 0 atom stereocenters. The van der Waals surface area contributed by atoms with E-state index in [2.05, 4.69) is 10.6 Å². The van der Waals surface area contributed by atoms with E-state index in [1.54, 1.807) is 48.5 Å². The first-order chi connectivity index (χ1) is 13.4. The Balaban J connectivity index is 1.64. The summed E-state index contributed by atoms with van der Waals surface area (Å²) in [7, 11) is 1.47. The van der Waals surface area contributed by atoms with Crippen LogP contribution in [-0.2, 0) is 9.59 Å². The second kappa shape index (κ2) is 8.81. The zero-order valence-corrected chi connectivity index (χ0v) is 16.2. The van der Waals surface area contributed by atoms with Crippen molar-refractivity contribution in [2.45, 2.75) is 0 Å². The molecule has 0 unspecified atom stereocenters. The standard InChI is InChI=1S/C19H15ClN2O5S/c1-26-15-8-11(9-16-18(24)22-19(25)28-16)2-7-14(15)27-10-17(23)21-13-5-3-12(20)4-6-13/h2-9H,10H2,1H3,(H,21,23)(H,22,24,25)/b16-9-. The highest BCUT2D eigenvalue weighted by Gasteiger charge is 2.25. The molecule has 9 heteroatoms. The number of carbonyl (C=O) groups excluding carboxylic acids is 3. The van der Waals surface area contributed by atoms with Crippen LogP contribution in [0.25, 0.3) is 6.08 Å². The smallest absolute Gasteiger partial charge is 0.290 e. The summed E-state index contributed by atoms with van der Waals surface area (Å²) >= 11 is 6.64. The number of nitrogens with one attached hydrogen (secondary N) is 2. The molecule has 1 saturated heterocycles. The second-order valence-electron chi connectivity index (χ2n) is 5.61. The van der Waals surface area contributed by atoms with Crippen molar-refractivity contribution < 1.29 is 23.9 Å². The van der Waals surface area contributed by atoms with Gasteiger partial charge in [0.15, 0.2) is 18.1 Å². The summed E-state index contributed by atoms with van der Waals surface area (Å²) in [5.41, 5.74) is 1.26. The Labute approximate surface area is 170 Å². The molecule has 1 fully saturated rings. The molecule has 144 valence electrons. The molecule has 1 heterocycles. The van der Waals surface area contributed by atoms with E-state index in [0.29, 0.717) is 32.7 Å². The van der Waals surface area contributed by atoms with Crippen LogP contribution in [-0.4, -0.2) is 30.8 Å². The highest BCUT2D eigenvalue weighted by atomic mass is 35.5. The first-order valence-corrected chi connectivity index (χ1v) is 9.25. The van der Waals surface area contributed by atoms with Gasteiger partial charge in [0.1, 0.15) is 0 Å². The number of methoxy groups -OCH3 is 1. The topological polar surface area (TPSA) is 93.7 Å². The molecule has 3 rings (SSSR count). The predicted molar refractivity (Wildman–Crippen MR) is 108 cm³/mol. The van der Waals surface area contributed by atoms with Crippen molar-refractivity contribution in [3.63, 3.8) is 0 Å². The van der Waals surface area contributed by atoms with Crippen LogP contribution in [0.5, 0.6) is 11.5 Å². The van der Waals surface area contributed by atoms with Gasteiger partial charge in [-0.25, -0.2) is 0 Å². The van der Waals surface area contributed by atoms with Gasteiger partial charge in [0, 0.05) is 10.7 Å². The number of rotatable bonds is 6. The maximum absolute atomic E-state index is 12.0. The first-order valence-electron chi connectivity index (χ1n) is 8.06. The highest BCUT2D eigenvalue weighted by molar-refractivity contribution is 8.18. The van der Waals surface area contributed by atoms with E-state index in [1.165, 1.54) is 7.11 Å². The third-order valence-electron chi connectivity index (χ3n) is 3.61. The lowest BCUT2D eigenvalue weighted by Gasteiger charge is -2.11. The maximum atomic E-state index is 12.0. The molecule has 28 heavy (non-hydrogen) atoms. The number of carbonyl (C=O) groups is 3. The molecule has 1 aliphatic rings. The highest BCUT2D eigenvalue weighted by Crippen LogP contribution is 2.31. The van der Waals surface area contributed by atoms with E-state index < -0.39 is 11.1 Å². The van der Waals surface area contributed by atoms with E-state index in [1.807, 2.05) is 0 Å². The van der Waals surface area contributed by atoms with Gasteiger partial charge in [-0.1, -0.05) is 17.7 Å². The Morgan fingerprint density at radius 2 is 1.93 bits per heavy atom. The van der Waals surface area contributed by atoms with Gasteiger partial charge >= 0.3 is 0 Å². The van der Waals surface area contributed by atoms with Crippen molar-refractivity contribution in [1.29, 1.82) is 0 Å². The molecule has 1 aliphatic heterocycles. The fraction of sp³-hybridized carbons (Fsp3) is 0.105. The lowest BCUT2D eigenvalue weighted by Crippen LogP contribution is -2.20. The Morgan fingerprint density at radius 1 is 1.18 bits per heavy atom. The van der Waals surface area contributed by atoms with Crippen LogP contribution in [0.1, 0.15) is 5.56 Å². The molecule has 0 aliphatic carbocycles. The predicted octanol–water partition coefficient (Wildman–Crippen LogP) is 3.69. The third-order valence-corrected chi connectivity index (χ3v) is 4.68. The van der Waals surface area contributed by atoms with Crippen molar-refractivity contribution in [3.05, 3.63) is 58.0 Å². The van der Waals surface area contributed by atoms with Crippen LogP contribution in [0.15, 0.2) is 47.4 Å². The molecule has 2 aromatic rings. The van der Waals surface area contributed by atoms with Gasteiger partial charge < -0.3 is 14.8 Å². The second-order valence-corrected chi connectivity index (χ2v) is 7.06. The zero-order valence-electron chi connectivity index (χ0n) is 14.7. The lowest BCUT2D eigenvalue weighted by atomic mass is 10.2. The molecule has 0 radical (unpaired) electrons. The van der Waals surface area contributed by atoms with Crippen LogP contribution in [0.4, 0.5) is 10.5 Å². The van der Waals surface area contributed by atoms with Crippen LogP contribution in [0, 0.1) is 0 Å². The van der Waals surface area contributed by atoms with Crippen LogP contribution in [0.2, 0.25) is 5.02 Å². The van der Waals surface area contributed by atoms with Gasteiger partial charge in [-0.2, -0.15) is 0 Å². The average Bonchev–Trinajstić information content (AvgIpc) is 2.99. The van der Waals surface area contributed by atoms with Gasteiger partial charge in [0.2, 0.25) is 0 Å². The Morgan fingerprint density at radius 3 is 2.57 bits per heavy atom. The minimum atomic E-state index is -0.437. The Bertz CT molecular complexity index is 959. The molecule has 7 nitrogen and oxygen atoms in total. The number of hydrogen-bond acceptors (Lipinski definition) is 6. The zero-order chi connectivity index (χ0) is 20.1. The number of thioether (sulfide) groups is 1. The number of amides is 3. The van der Waals surface area contributed by atoms with Crippen molar-refractivity contribution in [2.75, 3.05) is 19.0 Å². The third kappa shape index (κ3) is 5.05. The van der Waals surface area contributed by atoms with Gasteiger partial charge in [-0.15, -0.1) is 0 Å². The Hall–Kier alpha value is -2.97. The van der Waals surface area contributed by atoms with Gasteiger partial charge in [-0.3, -0.25) is 19.7 Å². The maximum Gasteiger partial charge on any atom is 0.290 e. The minimum absolute atomic E-state index is 0.216. The molecule has 2 aromatic carbocycles. The molecule has 2 N–H and O–H groups in total. The molecule has 0 spiro atoms. The molecular formula is C19H15ClN2O5S. The van der Waals surface area contributed by atoms with Crippen LogP contribution >= 0.6 is 23.4 Å². The van der Waals surface area contributed by atoms with Crippen molar-refractivity contribution >= 4 is 52.2 Å². The average molecular weight is 419 g/mol. The summed E-state index contributed by atoms with van der Waals surface area (Å²) in [6.45, 7) is -0.216. The number of anilines is 1. The summed E-state index contributed by atoms with van der Waals surface area (Å²) in [6, 6.07) is 11.7. The van der Waals surface area contributed by atoms with Crippen molar-refractivity contribution in [3.8, 4) is 11.5 Å². The van der Waals surface area contributed by atoms with Gasteiger partial charge in [0.25, 0.3) is 17.1 Å². The van der Waals surface area contributed by atoms with Gasteiger partial charge in [0.05, 0.1) is 12.0 Å². The SMILES string of the molecule is COc1cc(/C=C2\SC(=O)NC2=O)ccc1OCC(=O)Nc1ccc(Cl)cc1. The summed E-state index contributed by atoms with van der Waals surface area (Å²) in [5, 5.41) is 5.05. The van der Waals surface area contributed by atoms with Crippen molar-refractivity contribution in [2.24, 2.45) is 0 Å². The summed E-state index contributed by atoms with van der Waals surface area (Å²) in [6.07, 6.45) is 1.57. The van der Waals surface area contributed by atoms with Gasteiger partial charge in [-0.05, 0) is 59.8 Å². The lowest BCUT2D eigenvalue weighted by molar-refractivity contribution is -0.118. The van der Waals surface area contributed by atoms with E-state index >= 15 is 0 Å². The summed E-state index contributed by atoms with van der Waals surface area (Å²) in [4.78, 5) is 35.2. The molecule has 0 aromatic heterocycles. The number of ether oxygens (including phenoxy) is 2. The minimum Gasteiger partial charge on any atom is -0.493 e. The normalized spacial score (nSPS) is 14.7. The number of benzene rings is 2. The molecular weight excluding hydrogens is 404 g/mol. The quantitative estimate of drug-likeness (QED) is 0.695. The fourth-order valence-corrected chi connectivity index (χ4v) is 3.15. The van der Waals surface area contributed by atoms with Crippen molar-refractivity contribution in [1.82, 2.24) is 5.32 Å². The fourth-order valence-electron chi connectivity index (χ4n) is 2.34. The number of imide groups is 1. The molecule has 0 bridgehead atoms. The van der Waals surface area contributed by atoms with Crippen LogP contribution in [0.3, 0.4) is 0 Å². The Kier molecular flexibility index (Phi) is 6.23. The molecule has 3 amide bonds. The van der Waals surface area contributed by atoms with Crippen LogP contribution < -0.4 is 20.1 Å². The van der Waals surface area contributed by atoms with E-state index in [0.717, 1.165) is 11.8 Å². The number of hydrogen-bond donors (Lipinski definition) is 2. The first kappa shape index (κ1) is 19.8. The monoisotopic (exact) mass is 418 g/mol. The van der Waals surface area contributed by atoms with E-state index in [4.69, 9.17) is 21.1 Å². The summed E-state index contributed by atoms with van der Waals surface area (Å²) < 4.78 is 10.8. The largest absolute Gasteiger partial charge is 0.493 e. The summed E-state index contributed by atoms with van der Waals surface area (Å²) in [5.74, 6) is -0.0137. The number of halogens is 1.